The van der Waals surface area contributed by atoms with Gasteiger partial charge in [0.05, 0.1) is 30.2 Å². The molecule has 7 nitrogen and oxygen atoms in total. The molecule has 2 saturated heterocycles. The molecule has 1 aromatic carbocycles. The standard InChI is InChI=1S/C22H31F3N4O3/c1-21(2,3)18(13-5-7-14(8-6-13)22(23,24)25)28-19(31)16-11-17(30)27-20(26-16)29-10-9-15(12-29)32-4/h5-8,15-16,18,20,26H,9-12H2,1-4H3,(H,27,30)(H,28,31)/t15-,16?,18+,20?/m1/s1. The molecule has 2 amide bonds. The number of hydrogen-bond acceptors (Lipinski definition) is 5. The van der Waals surface area contributed by atoms with E-state index in [1.165, 1.54) is 12.1 Å². The molecule has 2 aliphatic heterocycles. The van der Waals surface area contributed by atoms with Crippen molar-refractivity contribution in [2.75, 3.05) is 20.2 Å². The van der Waals surface area contributed by atoms with Gasteiger partial charge in [-0.2, -0.15) is 13.2 Å². The van der Waals surface area contributed by atoms with Crippen molar-refractivity contribution in [1.29, 1.82) is 0 Å². The fourth-order valence-corrected chi connectivity index (χ4v) is 4.14. The van der Waals surface area contributed by atoms with Crippen LogP contribution in [0.3, 0.4) is 0 Å². The predicted molar refractivity (Wildman–Crippen MR) is 112 cm³/mol. The van der Waals surface area contributed by atoms with E-state index in [9.17, 15) is 22.8 Å². The average molecular weight is 457 g/mol. The molecular formula is C22H31F3N4O3. The molecule has 3 N–H and O–H groups in total. The van der Waals surface area contributed by atoms with Crippen molar-refractivity contribution < 1.29 is 27.5 Å². The van der Waals surface area contributed by atoms with Gasteiger partial charge in [0.1, 0.15) is 6.29 Å². The summed E-state index contributed by atoms with van der Waals surface area (Å²) in [5, 5.41) is 8.99. The SMILES string of the molecule is CO[C@@H]1CCN(C2NC(=O)CC(C(=O)N[C@@H](c3ccc(C(F)(F)F)cc3)C(C)(C)C)N2)C1. The number of hydrogen-bond donors (Lipinski definition) is 3. The first-order chi connectivity index (χ1) is 14.9. The number of methoxy groups -OCH3 is 1. The monoisotopic (exact) mass is 456 g/mol. The lowest BCUT2D eigenvalue weighted by Crippen LogP contribution is -2.66. The Morgan fingerprint density at radius 2 is 1.88 bits per heavy atom. The molecule has 0 spiro atoms. The molecule has 2 aliphatic rings. The molecule has 1 aromatic rings. The fraction of sp³-hybridized carbons (Fsp3) is 0.636. The summed E-state index contributed by atoms with van der Waals surface area (Å²) in [5.41, 5.74) is -0.640. The van der Waals surface area contributed by atoms with Gasteiger partial charge in [0.15, 0.2) is 0 Å². The van der Waals surface area contributed by atoms with Gasteiger partial charge in [0.2, 0.25) is 11.8 Å². The maximum absolute atomic E-state index is 13.1. The normalized spacial score (nSPS) is 26.0. The first-order valence-corrected chi connectivity index (χ1v) is 10.7. The van der Waals surface area contributed by atoms with Gasteiger partial charge in [-0.25, -0.2) is 0 Å². The van der Waals surface area contributed by atoms with Gasteiger partial charge in [-0.1, -0.05) is 32.9 Å². The number of nitrogens with one attached hydrogen (secondary N) is 3. The van der Waals surface area contributed by atoms with Crippen LogP contribution in [-0.4, -0.2) is 55.3 Å². The van der Waals surface area contributed by atoms with Crippen LogP contribution in [0.4, 0.5) is 13.2 Å². The first kappa shape index (κ1) is 24.5. The Kier molecular flexibility index (Phi) is 7.16. The largest absolute Gasteiger partial charge is 0.416 e. The highest BCUT2D eigenvalue weighted by atomic mass is 19.4. The van der Waals surface area contributed by atoms with E-state index in [0.29, 0.717) is 12.1 Å². The lowest BCUT2D eigenvalue weighted by Gasteiger charge is -2.38. The Labute approximate surface area is 186 Å². The Hall–Kier alpha value is -2.17. The minimum Gasteiger partial charge on any atom is -0.380 e. The van der Waals surface area contributed by atoms with Crippen LogP contribution in [0.25, 0.3) is 0 Å². The van der Waals surface area contributed by atoms with Crippen molar-refractivity contribution in [3.8, 4) is 0 Å². The van der Waals surface area contributed by atoms with Gasteiger partial charge >= 0.3 is 6.18 Å². The molecule has 4 atom stereocenters. The molecule has 3 rings (SSSR count). The predicted octanol–water partition coefficient (Wildman–Crippen LogP) is 2.39. The number of rotatable bonds is 5. The van der Waals surface area contributed by atoms with Crippen LogP contribution in [0.1, 0.15) is 50.8 Å². The number of alkyl halides is 3. The van der Waals surface area contributed by atoms with Crippen molar-refractivity contribution in [3.05, 3.63) is 35.4 Å². The molecule has 0 bridgehead atoms. The fourth-order valence-electron chi connectivity index (χ4n) is 4.14. The number of likely N-dealkylation sites (tertiary alicyclic amines) is 1. The highest BCUT2D eigenvalue weighted by molar-refractivity contribution is 5.89. The van der Waals surface area contributed by atoms with Crippen molar-refractivity contribution >= 4 is 11.8 Å². The van der Waals surface area contributed by atoms with E-state index in [0.717, 1.165) is 25.1 Å². The van der Waals surface area contributed by atoms with Gasteiger partial charge in [-0.15, -0.1) is 0 Å². The summed E-state index contributed by atoms with van der Waals surface area (Å²) in [6.45, 7) is 7.05. The number of halogens is 3. The van der Waals surface area contributed by atoms with Crippen molar-refractivity contribution in [1.82, 2.24) is 20.9 Å². The second-order valence-electron chi connectivity index (χ2n) is 9.46. The van der Waals surface area contributed by atoms with Gasteiger partial charge in [0, 0.05) is 20.2 Å². The van der Waals surface area contributed by atoms with Crippen LogP contribution in [-0.2, 0) is 20.5 Å². The summed E-state index contributed by atoms with van der Waals surface area (Å²) in [7, 11) is 1.64. The summed E-state index contributed by atoms with van der Waals surface area (Å²) in [6.07, 6.45) is -4.01. The van der Waals surface area contributed by atoms with Gasteiger partial charge in [-0.3, -0.25) is 19.8 Å². The summed E-state index contributed by atoms with van der Waals surface area (Å²) < 4.78 is 44.2. The van der Waals surface area contributed by atoms with E-state index < -0.39 is 35.5 Å². The maximum Gasteiger partial charge on any atom is 0.416 e. The van der Waals surface area contributed by atoms with E-state index in [4.69, 9.17) is 4.74 Å². The zero-order valence-electron chi connectivity index (χ0n) is 18.8. The number of benzene rings is 1. The van der Waals surface area contributed by atoms with E-state index >= 15 is 0 Å². The Morgan fingerprint density at radius 1 is 1.22 bits per heavy atom. The molecule has 2 unspecified atom stereocenters. The lowest BCUT2D eigenvalue weighted by atomic mass is 9.82. The Morgan fingerprint density at radius 3 is 2.41 bits per heavy atom. The van der Waals surface area contributed by atoms with E-state index in [-0.39, 0.29) is 24.3 Å². The molecule has 2 fully saturated rings. The quantitative estimate of drug-likeness (QED) is 0.634. The van der Waals surface area contributed by atoms with Gasteiger partial charge in [-0.05, 0) is 29.5 Å². The average Bonchev–Trinajstić information content (AvgIpc) is 3.19. The van der Waals surface area contributed by atoms with Crippen molar-refractivity contribution in [2.24, 2.45) is 5.41 Å². The molecular weight excluding hydrogens is 425 g/mol. The number of nitrogens with zero attached hydrogens (tertiary/aromatic N) is 1. The third kappa shape index (κ3) is 5.79. The Bertz CT molecular complexity index is 823. The van der Waals surface area contributed by atoms with E-state index in [1.54, 1.807) is 7.11 Å². The first-order valence-electron chi connectivity index (χ1n) is 10.7. The molecule has 0 radical (unpaired) electrons. The zero-order chi connectivity index (χ0) is 23.7. The smallest absolute Gasteiger partial charge is 0.380 e. The topological polar surface area (TPSA) is 82.7 Å². The highest BCUT2D eigenvalue weighted by Crippen LogP contribution is 2.35. The second kappa shape index (κ2) is 9.36. The van der Waals surface area contributed by atoms with Gasteiger partial charge in [0.25, 0.3) is 0 Å². The molecule has 2 heterocycles. The van der Waals surface area contributed by atoms with Crippen LogP contribution in [0.15, 0.2) is 24.3 Å². The maximum atomic E-state index is 13.1. The minimum absolute atomic E-state index is 0.0201. The summed E-state index contributed by atoms with van der Waals surface area (Å²) in [4.78, 5) is 27.4. The molecule has 178 valence electrons. The molecule has 10 heteroatoms. The van der Waals surface area contributed by atoms with Crippen molar-refractivity contribution in [3.63, 3.8) is 0 Å². The summed E-state index contributed by atoms with van der Waals surface area (Å²) in [5.74, 6) is -0.608. The minimum atomic E-state index is -4.43. The molecule has 0 aromatic heterocycles. The van der Waals surface area contributed by atoms with Crippen LogP contribution in [0, 0.1) is 5.41 Å². The zero-order valence-corrected chi connectivity index (χ0v) is 18.8. The van der Waals surface area contributed by atoms with Crippen LogP contribution >= 0.6 is 0 Å². The van der Waals surface area contributed by atoms with E-state index in [2.05, 4.69) is 16.0 Å². The third-order valence-electron chi connectivity index (χ3n) is 5.96. The molecule has 0 aliphatic carbocycles. The number of amides is 2. The molecule has 32 heavy (non-hydrogen) atoms. The van der Waals surface area contributed by atoms with Crippen LogP contribution in [0.5, 0.6) is 0 Å². The lowest BCUT2D eigenvalue weighted by molar-refractivity contribution is -0.137. The van der Waals surface area contributed by atoms with Crippen LogP contribution < -0.4 is 16.0 Å². The van der Waals surface area contributed by atoms with Gasteiger partial charge < -0.3 is 15.4 Å². The highest BCUT2D eigenvalue weighted by Gasteiger charge is 2.38. The summed E-state index contributed by atoms with van der Waals surface area (Å²) in [6, 6.07) is 3.52. The second-order valence-corrected chi connectivity index (χ2v) is 9.46. The number of ether oxygens (including phenoxy) is 1. The van der Waals surface area contributed by atoms with Crippen molar-refractivity contribution in [2.45, 2.75) is 64.3 Å². The molecule has 0 saturated carbocycles. The van der Waals surface area contributed by atoms with Crippen LogP contribution in [0.2, 0.25) is 0 Å². The third-order valence-corrected chi connectivity index (χ3v) is 5.96. The Balaban J connectivity index is 1.72. The van der Waals surface area contributed by atoms with E-state index in [1.807, 2.05) is 25.7 Å². The number of carbonyl (C=O) groups is 2. The number of carbonyl (C=O) groups excluding carboxylic acids is 2. The summed E-state index contributed by atoms with van der Waals surface area (Å²) >= 11 is 0.